The largest absolute Gasteiger partial charge is 0.494 e. The Morgan fingerprint density at radius 1 is 1.24 bits per heavy atom. The first-order valence-corrected chi connectivity index (χ1v) is 7.25. The zero-order valence-electron chi connectivity index (χ0n) is 12.4. The SMILES string of the molecule is CC(C)c1c(O)n(CC(=O)N2CCCCC2)c(=O)[nH]c1=O. The number of piperidine rings is 1. The minimum absolute atomic E-state index is 0.126. The molecule has 1 saturated heterocycles. The van der Waals surface area contributed by atoms with Gasteiger partial charge in [0.15, 0.2) is 0 Å². The van der Waals surface area contributed by atoms with Crippen LogP contribution in [0.2, 0.25) is 0 Å². The van der Waals surface area contributed by atoms with Crippen molar-refractivity contribution in [1.29, 1.82) is 0 Å². The molecular formula is C14H21N3O4. The second-order valence-corrected chi connectivity index (χ2v) is 5.68. The first-order valence-electron chi connectivity index (χ1n) is 7.25. The fraction of sp³-hybridized carbons (Fsp3) is 0.643. The zero-order chi connectivity index (χ0) is 15.6. The molecule has 1 aliphatic rings. The first kappa shape index (κ1) is 15.3. The van der Waals surface area contributed by atoms with Gasteiger partial charge in [-0.3, -0.25) is 19.1 Å². The summed E-state index contributed by atoms with van der Waals surface area (Å²) in [5.41, 5.74) is -1.23. The normalized spacial score (nSPS) is 15.5. The third-order valence-electron chi connectivity index (χ3n) is 3.79. The number of likely N-dealkylation sites (tertiary alicyclic amines) is 1. The van der Waals surface area contributed by atoms with E-state index in [0.29, 0.717) is 13.1 Å². The van der Waals surface area contributed by atoms with E-state index >= 15 is 0 Å². The van der Waals surface area contributed by atoms with Crippen LogP contribution in [0.3, 0.4) is 0 Å². The molecule has 0 spiro atoms. The molecular weight excluding hydrogens is 274 g/mol. The Bertz CT molecular complexity index is 639. The third kappa shape index (κ3) is 3.17. The lowest BCUT2D eigenvalue weighted by Gasteiger charge is -2.27. The highest BCUT2D eigenvalue weighted by molar-refractivity contribution is 5.76. The van der Waals surface area contributed by atoms with Crippen LogP contribution in [-0.4, -0.2) is 38.6 Å². The number of carbonyl (C=O) groups excluding carboxylic acids is 1. The van der Waals surface area contributed by atoms with Crippen LogP contribution in [0.15, 0.2) is 9.59 Å². The molecule has 2 rings (SSSR count). The van der Waals surface area contributed by atoms with E-state index in [1.54, 1.807) is 18.7 Å². The lowest BCUT2D eigenvalue weighted by atomic mass is 10.1. The van der Waals surface area contributed by atoms with Gasteiger partial charge in [0.05, 0.1) is 5.56 Å². The highest BCUT2D eigenvalue weighted by atomic mass is 16.3. The molecule has 0 aromatic carbocycles. The Kier molecular flexibility index (Phi) is 4.50. The summed E-state index contributed by atoms with van der Waals surface area (Å²) < 4.78 is 0.938. The van der Waals surface area contributed by atoms with E-state index in [-0.39, 0.29) is 23.9 Å². The summed E-state index contributed by atoms with van der Waals surface area (Å²) in [4.78, 5) is 39.6. The number of aromatic hydroxyl groups is 1. The monoisotopic (exact) mass is 295 g/mol. The quantitative estimate of drug-likeness (QED) is 0.842. The van der Waals surface area contributed by atoms with Gasteiger partial charge in [-0.05, 0) is 25.2 Å². The number of nitrogens with one attached hydrogen (secondary N) is 1. The van der Waals surface area contributed by atoms with Crippen LogP contribution in [-0.2, 0) is 11.3 Å². The molecule has 1 aliphatic heterocycles. The van der Waals surface area contributed by atoms with Crippen LogP contribution in [0.5, 0.6) is 5.88 Å². The standard InChI is InChI=1S/C14H21N3O4/c1-9(2)11-12(19)15-14(21)17(13(11)20)8-10(18)16-6-4-3-5-7-16/h9,20H,3-8H2,1-2H3,(H,15,19,21). The van der Waals surface area contributed by atoms with Gasteiger partial charge in [-0.15, -0.1) is 0 Å². The second kappa shape index (κ2) is 6.15. The maximum atomic E-state index is 12.2. The van der Waals surface area contributed by atoms with Crippen molar-refractivity contribution in [3.8, 4) is 5.88 Å². The van der Waals surface area contributed by atoms with Gasteiger partial charge >= 0.3 is 5.69 Å². The van der Waals surface area contributed by atoms with Crippen LogP contribution < -0.4 is 11.2 Å². The van der Waals surface area contributed by atoms with Crippen LogP contribution in [0.4, 0.5) is 0 Å². The molecule has 0 aliphatic carbocycles. The number of hydrogen-bond acceptors (Lipinski definition) is 4. The molecule has 0 bridgehead atoms. The summed E-state index contributed by atoms with van der Waals surface area (Å²) >= 11 is 0. The Balaban J connectivity index is 2.31. The van der Waals surface area contributed by atoms with Gasteiger partial charge < -0.3 is 10.0 Å². The lowest BCUT2D eigenvalue weighted by Crippen LogP contribution is -2.41. The minimum Gasteiger partial charge on any atom is -0.494 e. The molecule has 7 nitrogen and oxygen atoms in total. The maximum Gasteiger partial charge on any atom is 0.331 e. The molecule has 0 saturated carbocycles. The molecule has 0 atom stereocenters. The smallest absolute Gasteiger partial charge is 0.331 e. The van der Waals surface area contributed by atoms with E-state index in [0.717, 1.165) is 23.8 Å². The Morgan fingerprint density at radius 2 is 1.86 bits per heavy atom. The first-order chi connectivity index (χ1) is 9.91. The van der Waals surface area contributed by atoms with Crippen LogP contribution in [0.25, 0.3) is 0 Å². The predicted molar refractivity (Wildman–Crippen MR) is 77.5 cm³/mol. The Hall–Kier alpha value is -2.05. The molecule has 1 aromatic rings. The van der Waals surface area contributed by atoms with Crippen molar-refractivity contribution < 1.29 is 9.90 Å². The number of H-pyrrole nitrogens is 1. The average molecular weight is 295 g/mol. The fourth-order valence-corrected chi connectivity index (χ4v) is 2.62. The van der Waals surface area contributed by atoms with Crippen molar-refractivity contribution in [2.75, 3.05) is 13.1 Å². The minimum atomic E-state index is -0.757. The Labute approximate surface area is 122 Å². The topological polar surface area (TPSA) is 95.4 Å². The zero-order valence-corrected chi connectivity index (χ0v) is 12.4. The van der Waals surface area contributed by atoms with Gasteiger partial charge in [-0.25, -0.2) is 4.79 Å². The Morgan fingerprint density at radius 3 is 2.43 bits per heavy atom. The van der Waals surface area contributed by atoms with Crippen molar-refractivity contribution in [2.24, 2.45) is 0 Å². The molecule has 2 heterocycles. The van der Waals surface area contributed by atoms with Gasteiger partial charge in [0, 0.05) is 13.1 Å². The molecule has 0 unspecified atom stereocenters. The van der Waals surface area contributed by atoms with E-state index in [2.05, 4.69) is 4.98 Å². The van der Waals surface area contributed by atoms with Crippen molar-refractivity contribution in [2.45, 2.75) is 45.6 Å². The van der Waals surface area contributed by atoms with Crippen molar-refractivity contribution in [1.82, 2.24) is 14.5 Å². The lowest BCUT2D eigenvalue weighted by molar-refractivity contribution is -0.132. The van der Waals surface area contributed by atoms with Crippen LogP contribution >= 0.6 is 0 Å². The molecule has 1 aromatic heterocycles. The molecule has 7 heteroatoms. The summed E-state index contributed by atoms with van der Waals surface area (Å²) in [5.74, 6) is -0.872. The van der Waals surface area contributed by atoms with E-state index in [1.807, 2.05) is 0 Å². The van der Waals surface area contributed by atoms with Crippen molar-refractivity contribution in [3.63, 3.8) is 0 Å². The molecule has 0 radical (unpaired) electrons. The summed E-state index contributed by atoms with van der Waals surface area (Å²) in [6.07, 6.45) is 3.01. The molecule has 1 amide bonds. The molecule has 116 valence electrons. The second-order valence-electron chi connectivity index (χ2n) is 5.68. The average Bonchev–Trinajstić information content (AvgIpc) is 2.43. The number of hydrogen-bond donors (Lipinski definition) is 2. The van der Waals surface area contributed by atoms with Gasteiger partial charge in [0.25, 0.3) is 5.56 Å². The third-order valence-corrected chi connectivity index (χ3v) is 3.79. The number of carbonyl (C=O) groups is 1. The van der Waals surface area contributed by atoms with Crippen molar-refractivity contribution >= 4 is 5.91 Å². The van der Waals surface area contributed by atoms with Gasteiger partial charge in [-0.1, -0.05) is 13.8 Å². The van der Waals surface area contributed by atoms with Crippen LogP contribution in [0.1, 0.15) is 44.6 Å². The number of nitrogens with zero attached hydrogens (tertiary/aromatic N) is 2. The van der Waals surface area contributed by atoms with E-state index < -0.39 is 17.1 Å². The van der Waals surface area contributed by atoms with E-state index in [9.17, 15) is 19.5 Å². The predicted octanol–water partition coefficient (Wildman–Crippen LogP) is 0.378. The van der Waals surface area contributed by atoms with E-state index in [4.69, 9.17) is 0 Å². The highest BCUT2D eigenvalue weighted by Gasteiger charge is 2.22. The molecule has 2 N–H and O–H groups in total. The van der Waals surface area contributed by atoms with Gasteiger partial charge in [0.2, 0.25) is 11.8 Å². The highest BCUT2D eigenvalue weighted by Crippen LogP contribution is 2.19. The number of aromatic amines is 1. The van der Waals surface area contributed by atoms with Crippen molar-refractivity contribution in [3.05, 3.63) is 26.4 Å². The van der Waals surface area contributed by atoms with Gasteiger partial charge in [-0.2, -0.15) is 0 Å². The fourth-order valence-electron chi connectivity index (χ4n) is 2.62. The summed E-state index contributed by atoms with van der Waals surface area (Å²) in [6.45, 7) is 4.59. The summed E-state index contributed by atoms with van der Waals surface area (Å²) in [6, 6.07) is 0. The summed E-state index contributed by atoms with van der Waals surface area (Å²) in [7, 11) is 0. The van der Waals surface area contributed by atoms with E-state index in [1.165, 1.54) is 0 Å². The number of amides is 1. The number of aromatic nitrogens is 2. The van der Waals surface area contributed by atoms with Gasteiger partial charge in [0.1, 0.15) is 6.54 Å². The van der Waals surface area contributed by atoms with Crippen LogP contribution in [0, 0.1) is 0 Å². The number of rotatable bonds is 3. The summed E-state index contributed by atoms with van der Waals surface area (Å²) in [5, 5.41) is 10.1. The molecule has 21 heavy (non-hydrogen) atoms. The molecule has 1 fully saturated rings. The maximum absolute atomic E-state index is 12.2.